The van der Waals surface area contributed by atoms with E-state index in [1.54, 1.807) is 24.3 Å². The quantitative estimate of drug-likeness (QED) is 0.891. The normalized spacial score (nSPS) is 20.6. The number of nitrogens with one attached hydrogen (secondary N) is 1. The first-order valence-electron chi connectivity index (χ1n) is 6.33. The molecule has 1 aromatic rings. The van der Waals surface area contributed by atoms with Crippen LogP contribution in [0.3, 0.4) is 0 Å². The van der Waals surface area contributed by atoms with Crippen molar-refractivity contribution in [3.8, 4) is 5.75 Å². The van der Waals surface area contributed by atoms with Gasteiger partial charge in [-0.05, 0) is 30.7 Å². The van der Waals surface area contributed by atoms with E-state index >= 15 is 0 Å². The minimum atomic E-state index is -2.97. The summed E-state index contributed by atoms with van der Waals surface area (Å²) < 4.78 is 27.9. The maximum atomic E-state index is 11.6. The van der Waals surface area contributed by atoms with Crippen LogP contribution in [0.1, 0.15) is 12.8 Å². The highest BCUT2D eigenvalue weighted by Crippen LogP contribution is 2.15. The Bertz CT molecular complexity index is 571. The Morgan fingerprint density at radius 1 is 1.35 bits per heavy atom. The van der Waals surface area contributed by atoms with E-state index in [4.69, 9.17) is 16.3 Å². The van der Waals surface area contributed by atoms with E-state index < -0.39 is 9.84 Å². The van der Waals surface area contributed by atoms with Crippen molar-refractivity contribution in [3.05, 3.63) is 29.3 Å². The van der Waals surface area contributed by atoms with Crippen molar-refractivity contribution in [1.29, 1.82) is 0 Å². The fourth-order valence-electron chi connectivity index (χ4n) is 2.00. The summed E-state index contributed by atoms with van der Waals surface area (Å²) in [7, 11) is -2.97. The van der Waals surface area contributed by atoms with E-state index in [1.807, 2.05) is 0 Å². The van der Waals surface area contributed by atoms with E-state index in [0.717, 1.165) is 0 Å². The van der Waals surface area contributed by atoms with Crippen LogP contribution >= 0.6 is 11.6 Å². The number of ether oxygens (including phenoxy) is 1. The predicted octanol–water partition coefficient (Wildman–Crippen LogP) is 1.41. The van der Waals surface area contributed by atoms with Gasteiger partial charge in [0, 0.05) is 11.1 Å². The van der Waals surface area contributed by atoms with Crippen LogP contribution in [0.2, 0.25) is 5.02 Å². The molecule has 1 aromatic carbocycles. The molecule has 0 aliphatic carbocycles. The summed E-state index contributed by atoms with van der Waals surface area (Å²) in [5, 5.41) is 3.33. The summed E-state index contributed by atoms with van der Waals surface area (Å²) in [5.41, 5.74) is 0. The van der Waals surface area contributed by atoms with Gasteiger partial charge in [0.15, 0.2) is 9.84 Å². The molecule has 0 saturated carbocycles. The Kier molecular flexibility index (Phi) is 4.88. The molecule has 5 nitrogen and oxygen atoms in total. The second-order valence-corrected chi connectivity index (χ2v) is 7.39. The molecule has 0 unspecified atom stereocenters. The summed E-state index contributed by atoms with van der Waals surface area (Å²) in [6, 6.07) is 6.61. The fourth-order valence-corrected chi connectivity index (χ4v) is 3.80. The second kappa shape index (κ2) is 6.45. The first kappa shape index (κ1) is 15.1. The average molecular weight is 318 g/mol. The van der Waals surface area contributed by atoms with E-state index in [2.05, 4.69) is 5.32 Å². The maximum Gasteiger partial charge on any atom is 0.223 e. The summed E-state index contributed by atoms with van der Waals surface area (Å²) in [4.78, 5) is 11.6. The van der Waals surface area contributed by atoms with Gasteiger partial charge in [-0.1, -0.05) is 11.6 Å². The van der Waals surface area contributed by atoms with Crippen LogP contribution in [0.25, 0.3) is 0 Å². The Morgan fingerprint density at radius 2 is 2.05 bits per heavy atom. The van der Waals surface area contributed by atoms with Gasteiger partial charge in [0.1, 0.15) is 5.75 Å². The van der Waals surface area contributed by atoms with Gasteiger partial charge in [0.05, 0.1) is 24.5 Å². The number of amides is 1. The molecule has 1 atom stereocenters. The molecule has 1 amide bonds. The Morgan fingerprint density at radius 3 is 2.65 bits per heavy atom. The molecule has 1 saturated heterocycles. The molecule has 0 radical (unpaired) electrons. The lowest BCUT2D eigenvalue weighted by molar-refractivity contribution is -0.122. The zero-order valence-electron chi connectivity index (χ0n) is 10.8. The third kappa shape index (κ3) is 4.68. The van der Waals surface area contributed by atoms with E-state index in [9.17, 15) is 13.2 Å². The zero-order valence-corrected chi connectivity index (χ0v) is 12.4. The van der Waals surface area contributed by atoms with Crippen LogP contribution in [0.4, 0.5) is 0 Å². The zero-order chi connectivity index (χ0) is 14.6. The SMILES string of the molecule is O=C(CCOc1ccc(Cl)cc1)N[C@H]1CCS(=O)(=O)C1. The summed E-state index contributed by atoms with van der Waals surface area (Å²) in [6.45, 7) is 0.243. The highest BCUT2D eigenvalue weighted by Gasteiger charge is 2.28. The lowest BCUT2D eigenvalue weighted by Crippen LogP contribution is -2.36. The van der Waals surface area contributed by atoms with E-state index in [-0.39, 0.29) is 36.5 Å². The number of sulfone groups is 1. The molecular weight excluding hydrogens is 302 g/mol. The molecule has 110 valence electrons. The lowest BCUT2D eigenvalue weighted by atomic mass is 10.2. The average Bonchev–Trinajstić information content (AvgIpc) is 2.71. The lowest BCUT2D eigenvalue weighted by Gasteiger charge is -2.11. The largest absolute Gasteiger partial charge is 0.493 e. The van der Waals surface area contributed by atoms with Crippen LogP contribution in [-0.2, 0) is 14.6 Å². The predicted molar refractivity (Wildman–Crippen MR) is 76.8 cm³/mol. The number of hydrogen-bond donors (Lipinski definition) is 1. The van der Waals surface area contributed by atoms with Crippen molar-refractivity contribution >= 4 is 27.3 Å². The van der Waals surface area contributed by atoms with Crippen molar-refractivity contribution in [3.63, 3.8) is 0 Å². The number of halogens is 1. The second-order valence-electron chi connectivity index (χ2n) is 4.72. The molecule has 0 aromatic heterocycles. The van der Waals surface area contributed by atoms with Crippen LogP contribution < -0.4 is 10.1 Å². The summed E-state index contributed by atoms with van der Waals surface area (Å²) >= 11 is 5.75. The third-order valence-corrected chi connectivity index (χ3v) is 5.03. The highest BCUT2D eigenvalue weighted by molar-refractivity contribution is 7.91. The number of hydrogen-bond acceptors (Lipinski definition) is 4. The van der Waals surface area contributed by atoms with Gasteiger partial charge in [-0.3, -0.25) is 4.79 Å². The standard InChI is InChI=1S/C13H16ClNO4S/c14-10-1-3-12(4-2-10)19-7-5-13(16)15-11-6-8-20(17,18)9-11/h1-4,11H,5-9H2,(H,15,16)/t11-/m0/s1. The van der Waals surface area contributed by atoms with Crippen molar-refractivity contribution < 1.29 is 17.9 Å². The van der Waals surface area contributed by atoms with Gasteiger partial charge in [-0.15, -0.1) is 0 Å². The van der Waals surface area contributed by atoms with Gasteiger partial charge < -0.3 is 10.1 Å². The van der Waals surface area contributed by atoms with Crippen molar-refractivity contribution in [2.75, 3.05) is 18.1 Å². The Labute approximate surface area is 123 Å². The first-order chi connectivity index (χ1) is 9.44. The van der Waals surface area contributed by atoms with Crippen LogP contribution in [0.5, 0.6) is 5.75 Å². The number of carbonyl (C=O) groups excluding carboxylic acids is 1. The van der Waals surface area contributed by atoms with Crippen LogP contribution in [0, 0.1) is 0 Å². The van der Waals surface area contributed by atoms with E-state index in [0.29, 0.717) is 17.2 Å². The van der Waals surface area contributed by atoms with Gasteiger partial charge in [-0.2, -0.15) is 0 Å². The molecule has 7 heteroatoms. The topological polar surface area (TPSA) is 72.5 Å². The molecular formula is C13H16ClNO4S. The molecule has 2 rings (SSSR count). The van der Waals surface area contributed by atoms with Crippen LogP contribution in [-0.4, -0.2) is 38.5 Å². The molecule has 0 spiro atoms. The summed E-state index contributed by atoms with van der Waals surface area (Å²) in [5.74, 6) is 0.641. The fraction of sp³-hybridized carbons (Fsp3) is 0.462. The van der Waals surface area contributed by atoms with Gasteiger partial charge >= 0.3 is 0 Å². The smallest absolute Gasteiger partial charge is 0.223 e. The molecule has 1 aliphatic rings. The third-order valence-electron chi connectivity index (χ3n) is 3.01. The molecule has 0 bridgehead atoms. The van der Waals surface area contributed by atoms with Gasteiger partial charge in [-0.25, -0.2) is 8.42 Å². The van der Waals surface area contributed by atoms with Crippen molar-refractivity contribution in [1.82, 2.24) is 5.32 Å². The van der Waals surface area contributed by atoms with Gasteiger partial charge in [0.25, 0.3) is 0 Å². The molecule has 1 aliphatic heterocycles. The monoisotopic (exact) mass is 317 g/mol. The molecule has 20 heavy (non-hydrogen) atoms. The van der Waals surface area contributed by atoms with Crippen LogP contribution in [0.15, 0.2) is 24.3 Å². The van der Waals surface area contributed by atoms with Gasteiger partial charge in [0.2, 0.25) is 5.91 Å². The number of carbonyl (C=O) groups is 1. The highest BCUT2D eigenvalue weighted by atomic mass is 35.5. The van der Waals surface area contributed by atoms with E-state index in [1.165, 1.54) is 0 Å². The number of benzene rings is 1. The molecule has 1 heterocycles. The minimum absolute atomic E-state index is 0.0385. The molecule has 1 fully saturated rings. The van der Waals surface area contributed by atoms with Crippen molar-refractivity contribution in [2.45, 2.75) is 18.9 Å². The summed E-state index contributed by atoms with van der Waals surface area (Å²) in [6.07, 6.45) is 0.686. The Hall–Kier alpha value is -1.27. The Balaban J connectivity index is 1.69. The first-order valence-corrected chi connectivity index (χ1v) is 8.53. The minimum Gasteiger partial charge on any atom is -0.493 e. The number of rotatable bonds is 5. The maximum absolute atomic E-state index is 11.6. The van der Waals surface area contributed by atoms with Crippen molar-refractivity contribution in [2.24, 2.45) is 0 Å². The molecule has 1 N–H and O–H groups in total.